The van der Waals surface area contributed by atoms with Crippen LogP contribution in [0.3, 0.4) is 0 Å². The van der Waals surface area contributed by atoms with Crippen molar-refractivity contribution in [3.8, 4) is 0 Å². The molecule has 8 heteroatoms. The second-order valence-corrected chi connectivity index (χ2v) is 8.74. The molecule has 0 aliphatic carbocycles. The van der Waals surface area contributed by atoms with Crippen molar-refractivity contribution in [2.75, 3.05) is 16.8 Å². The first kappa shape index (κ1) is 17.5. The van der Waals surface area contributed by atoms with Crippen molar-refractivity contribution in [2.24, 2.45) is 0 Å². The van der Waals surface area contributed by atoms with Gasteiger partial charge in [-0.25, -0.2) is 10.4 Å². The van der Waals surface area contributed by atoms with Crippen LogP contribution in [-0.4, -0.2) is 32.9 Å². The zero-order valence-corrected chi connectivity index (χ0v) is 16.5. The Morgan fingerprint density at radius 1 is 1.21 bits per heavy atom. The van der Waals surface area contributed by atoms with Crippen molar-refractivity contribution in [1.29, 1.82) is 0 Å². The van der Waals surface area contributed by atoms with E-state index in [1.54, 1.807) is 6.20 Å². The van der Waals surface area contributed by atoms with E-state index in [4.69, 9.17) is 0 Å². The van der Waals surface area contributed by atoms with Gasteiger partial charge in [0, 0.05) is 41.2 Å². The Bertz CT molecular complexity index is 993. The van der Waals surface area contributed by atoms with Gasteiger partial charge in [-0.05, 0) is 48.8 Å². The Kier molecular flexibility index (Phi) is 4.85. The number of anilines is 2. The Hall–Kier alpha value is -2.63. The molecule has 1 aromatic carbocycles. The van der Waals surface area contributed by atoms with Gasteiger partial charge in [-0.3, -0.25) is 0 Å². The summed E-state index contributed by atoms with van der Waals surface area (Å²) in [5.41, 5.74) is 11.0. The number of rotatable bonds is 6. The summed E-state index contributed by atoms with van der Waals surface area (Å²) in [6, 6.07) is 10.2. The van der Waals surface area contributed by atoms with Crippen LogP contribution in [0.2, 0.25) is 0 Å². The van der Waals surface area contributed by atoms with Crippen molar-refractivity contribution in [2.45, 2.75) is 31.2 Å². The third kappa shape index (κ3) is 3.68. The first-order valence-corrected chi connectivity index (χ1v) is 11.0. The summed E-state index contributed by atoms with van der Waals surface area (Å²) in [5.74, 6) is 1.41. The van der Waals surface area contributed by atoms with Crippen molar-refractivity contribution < 1.29 is 0 Å². The van der Waals surface area contributed by atoms with E-state index in [2.05, 4.69) is 66.8 Å². The topological polar surface area (TPSA) is 89.7 Å². The summed E-state index contributed by atoms with van der Waals surface area (Å²) in [6.45, 7) is 0.675. The molecule has 4 heterocycles. The molecule has 0 amide bonds. The molecule has 7 nitrogen and oxygen atoms in total. The van der Waals surface area contributed by atoms with E-state index in [9.17, 15) is 0 Å². The molecule has 0 bridgehead atoms. The molecular formula is C20H24N7P. The van der Waals surface area contributed by atoms with Gasteiger partial charge in [0.2, 0.25) is 5.95 Å². The average molecular weight is 393 g/mol. The summed E-state index contributed by atoms with van der Waals surface area (Å²) >= 11 is 0. The van der Waals surface area contributed by atoms with Crippen LogP contribution in [0.4, 0.5) is 11.8 Å². The third-order valence-electron chi connectivity index (χ3n) is 5.24. The highest BCUT2D eigenvalue weighted by Crippen LogP contribution is 2.37. The second kappa shape index (κ2) is 7.78. The van der Waals surface area contributed by atoms with E-state index in [1.165, 1.54) is 35.7 Å². The van der Waals surface area contributed by atoms with Crippen LogP contribution >= 0.6 is 8.58 Å². The number of fused-ring (bicyclic) bond motifs is 1. The van der Waals surface area contributed by atoms with Gasteiger partial charge in [0.1, 0.15) is 12.0 Å². The summed E-state index contributed by atoms with van der Waals surface area (Å²) < 4.78 is 0. The molecule has 28 heavy (non-hydrogen) atoms. The van der Waals surface area contributed by atoms with Crippen molar-refractivity contribution in [3.63, 3.8) is 0 Å². The van der Waals surface area contributed by atoms with Gasteiger partial charge in [0.05, 0.1) is 0 Å². The van der Waals surface area contributed by atoms with Crippen LogP contribution < -0.4 is 21.5 Å². The van der Waals surface area contributed by atoms with E-state index in [1.807, 2.05) is 12.3 Å². The maximum Gasteiger partial charge on any atom is 0.224 e. The number of nitrogens with one attached hydrogen (secondary N) is 5. The SMILES string of the molecule is C1=C(C2CCCP2)NNC1Nc1ccnc(NCc2cccc3[nH]ccc23)n1. The molecule has 5 N–H and O–H groups in total. The molecule has 2 aromatic heterocycles. The lowest BCUT2D eigenvalue weighted by Crippen LogP contribution is -2.38. The molecular weight excluding hydrogens is 369 g/mol. The predicted octanol–water partition coefficient (Wildman–Crippen LogP) is 3.14. The van der Waals surface area contributed by atoms with Gasteiger partial charge in [0.15, 0.2) is 0 Å². The molecule has 1 fully saturated rings. The molecule has 0 spiro atoms. The van der Waals surface area contributed by atoms with Crippen molar-refractivity contribution >= 4 is 31.2 Å². The lowest BCUT2D eigenvalue weighted by Gasteiger charge is -2.13. The quantitative estimate of drug-likeness (QED) is 0.414. The minimum atomic E-state index is 0.0387. The molecule has 0 saturated carbocycles. The fourth-order valence-electron chi connectivity index (χ4n) is 3.82. The summed E-state index contributed by atoms with van der Waals surface area (Å²) in [4.78, 5) is 12.2. The molecule has 5 rings (SSSR count). The van der Waals surface area contributed by atoms with Gasteiger partial charge in [-0.2, -0.15) is 4.98 Å². The van der Waals surface area contributed by atoms with Gasteiger partial charge in [0.25, 0.3) is 0 Å². The van der Waals surface area contributed by atoms with E-state index >= 15 is 0 Å². The Morgan fingerprint density at radius 3 is 3.14 bits per heavy atom. The summed E-state index contributed by atoms with van der Waals surface area (Å²) in [6.07, 6.45) is 10.0. The minimum Gasteiger partial charge on any atom is -0.361 e. The number of allylic oxidation sites excluding steroid dienone is 1. The second-order valence-electron chi connectivity index (χ2n) is 7.14. The number of hydrogen-bond donors (Lipinski definition) is 5. The zero-order chi connectivity index (χ0) is 18.8. The number of aromatic amines is 1. The predicted molar refractivity (Wildman–Crippen MR) is 116 cm³/mol. The van der Waals surface area contributed by atoms with Crippen LogP contribution in [0.5, 0.6) is 0 Å². The first-order chi connectivity index (χ1) is 13.8. The maximum atomic E-state index is 4.61. The van der Waals surface area contributed by atoms with Gasteiger partial charge < -0.3 is 21.0 Å². The molecule has 2 aliphatic heterocycles. The Labute approximate surface area is 165 Å². The normalized spacial score (nSPS) is 22.4. The first-order valence-electron chi connectivity index (χ1n) is 9.70. The molecule has 3 atom stereocenters. The number of hydrazine groups is 1. The monoisotopic (exact) mass is 393 g/mol. The molecule has 144 valence electrons. The number of nitrogens with zero attached hydrogens (tertiary/aromatic N) is 2. The standard InChI is InChI=1S/C20H24N7P/c1-3-13(14-6-8-21-15(14)4-1)12-23-20-22-9-7-18(25-20)24-19-11-16(26-27-19)17-5-2-10-28-17/h1,3-4,6-9,11,17,19,21,26-28H,2,5,10,12H2,(H2,22,23,24,25). The molecule has 3 unspecified atom stereocenters. The maximum absolute atomic E-state index is 4.61. The molecule has 2 aliphatic rings. The highest BCUT2D eigenvalue weighted by atomic mass is 31.1. The van der Waals surface area contributed by atoms with E-state index in [-0.39, 0.29) is 6.17 Å². The van der Waals surface area contributed by atoms with Crippen molar-refractivity contribution in [3.05, 3.63) is 60.1 Å². The third-order valence-corrected chi connectivity index (χ3v) is 6.97. The van der Waals surface area contributed by atoms with Crippen molar-refractivity contribution in [1.82, 2.24) is 25.8 Å². The van der Waals surface area contributed by atoms with Crippen LogP contribution in [0.25, 0.3) is 10.9 Å². The lowest BCUT2D eigenvalue weighted by molar-refractivity contribution is 0.601. The number of benzene rings is 1. The van der Waals surface area contributed by atoms with Gasteiger partial charge in [-0.1, -0.05) is 12.1 Å². The van der Waals surface area contributed by atoms with E-state index in [0.717, 1.165) is 19.9 Å². The fraction of sp³-hybridized carbons (Fsp3) is 0.300. The average Bonchev–Trinajstić information content (AvgIpc) is 3.47. The van der Waals surface area contributed by atoms with Gasteiger partial charge >= 0.3 is 0 Å². The number of aromatic nitrogens is 3. The van der Waals surface area contributed by atoms with Crippen LogP contribution in [0.1, 0.15) is 18.4 Å². The zero-order valence-electron chi connectivity index (χ0n) is 15.5. The highest BCUT2D eigenvalue weighted by Gasteiger charge is 2.24. The molecule has 1 saturated heterocycles. The lowest BCUT2D eigenvalue weighted by atomic mass is 10.1. The molecule has 0 radical (unpaired) electrons. The van der Waals surface area contributed by atoms with Crippen LogP contribution in [0, 0.1) is 0 Å². The Morgan fingerprint density at radius 2 is 2.21 bits per heavy atom. The summed E-state index contributed by atoms with van der Waals surface area (Å²) in [7, 11) is 1.03. The molecule has 3 aromatic rings. The van der Waals surface area contributed by atoms with Crippen LogP contribution in [0.15, 0.2) is 54.5 Å². The minimum absolute atomic E-state index is 0.0387. The smallest absolute Gasteiger partial charge is 0.224 e. The van der Waals surface area contributed by atoms with Gasteiger partial charge in [-0.15, -0.1) is 8.58 Å². The van der Waals surface area contributed by atoms with Crippen LogP contribution in [-0.2, 0) is 6.54 Å². The highest BCUT2D eigenvalue weighted by molar-refractivity contribution is 7.39. The van der Waals surface area contributed by atoms with E-state index < -0.39 is 0 Å². The summed E-state index contributed by atoms with van der Waals surface area (Å²) in [5, 5.41) is 7.97. The number of H-pyrrole nitrogens is 1. The fourth-order valence-corrected chi connectivity index (χ4v) is 5.37. The van der Waals surface area contributed by atoms with E-state index in [0.29, 0.717) is 18.2 Å². The largest absolute Gasteiger partial charge is 0.361 e. The Balaban J connectivity index is 1.23. The number of hydrogen-bond acceptors (Lipinski definition) is 6.